The molecule has 0 saturated heterocycles. The van der Waals surface area contributed by atoms with Gasteiger partial charge < -0.3 is 14.4 Å². The lowest BCUT2D eigenvalue weighted by Crippen LogP contribution is -2.34. The van der Waals surface area contributed by atoms with Gasteiger partial charge in [-0.25, -0.2) is 0 Å². The lowest BCUT2D eigenvalue weighted by Gasteiger charge is -2.13. The number of pyridine rings is 1. The molecule has 7 nitrogen and oxygen atoms in total. The second-order valence-corrected chi connectivity index (χ2v) is 8.44. The molecule has 0 atom stereocenters. The van der Waals surface area contributed by atoms with Crippen molar-refractivity contribution in [2.45, 2.75) is 26.9 Å². The van der Waals surface area contributed by atoms with E-state index >= 15 is 0 Å². The Morgan fingerprint density at radius 1 is 1.03 bits per heavy atom. The van der Waals surface area contributed by atoms with Crippen molar-refractivity contribution in [3.05, 3.63) is 91.8 Å². The first-order valence-corrected chi connectivity index (χ1v) is 10.9. The van der Waals surface area contributed by atoms with E-state index in [4.69, 9.17) is 27.7 Å². The van der Waals surface area contributed by atoms with Crippen LogP contribution in [0.4, 0.5) is 0 Å². The number of aromatic nitrogens is 3. The van der Waals surface area contributed by atoms with Crippen LogP contribution in [0, 0.1) is 13.8 Å². The van der Waals surface area contributed by atoms with Crippen molar-refractivity contribution in [1.29, 1.82) is 0 Å². The second-order valence-electron chi connectivity index (χ2n) is 7.57. The summed E-state index contributed by atoms with van der Waals surface area (Å²) in [7, 11) is 0. The van der Waals surface area contributed by atoms with E-state index in [1.165, 1.54) is 4.57 Å². The summed E-state index contributed by atoms with van der Waals surface area (Å²) in [6, 6.07) is 16.0. The molecule has 0 aliphatic heterocycles. The van der Waals surface area contributed by atoms with Gasteiger partial charge in [-0.2, -0.15) is 4.98 Å². The van der Waals surface area contributed by atoms with Crippen molar-refractivity contribution in [2.24, 2.45) is 0 Å². The summed E-state index contributed by atoms with van der Waals surface area (Å²) in [4.78, 5) is 30.2. The van der Waals surface area contributed by atoms with Gasteiger partial charge >= 0.3 is 0 Å². The first-order chi connectivity index (χ1) is 15.8. The van der Waals surface area contributed by atoms with Crippen LogP contribution < -0.4 is 10.9 Å². The average Bonchev–Trinajstić information content (AvgIpc) is 3.26. The number of benzene rings is 2. The van der Waals surface area contributed by atoms with Crippen molar-refractivity contribution < 1.29 is 9.32 Å². The normalized spacial score (nSPS) is 10.9. The van der Waals surface area contributed by atoms with E-state index in [0.717, 1.165) is 5.56 Å². The highest BCUT2D eigenvalue weighted by Crippen LogP contribution is 2.24. The molecular formula is C24H20Cl2N4O3. The Balaban J connectivity index is 1.57. The molecule has 0 aliphatic rings. The Bertz CT molecular complexity index is 1360. The summed E-state index contributed by atoms with van der Waals surface area (Å²) in [6.45, 7) is 3.76. The van der Waals surface area contributed by atoms with Gasteiger partial charge in [0.15, 0.2) is 0 Å². The molecule has 0 saturated carbocycles. The van der Waals surface area contributed by atoms with E-state index in [0.29, 0.717) is 39.2 Å². The third-order valence-electron chi connectivity index (χ3n) is 5.15. The molecule has 9 heteroatoms. The molecule has 0 spiro atoms. The lowest BCUT2D eigenvalue weighted by molar-refractivity contribution is -0.121. The minimum absolute atomic E-state index is 0.0952. The van der Waals surface area contributed by atoms with Gasteiger partial charge in [-0.3, -0.25) is 9.59 Å². The van der Waals surface area contributed by atoms with Crippen molar-refractivity contribution in [2.75, 3.05) is 0 Å². The van der Waals surface area contributed by atoms with Crippen LogP contribution in [0.25, 0.3) is 22.8 Å². The van der Waals surface area contributed by atoms with Crippen LogP contribution >= 0.6 is 23.2 Å². The highest BCUT2D eigenvalue weighted by Gasteiger charge is 2.20. The third kappa shape index (κ3) is 5.16. The largest absolute Gasteiger partial charge is 0.350 e. The molecule has 1 amide bonds. The Hall–Kier alpha value is -3.42. The third-order valence-corrected chi connectivity index (χ3v) is 5.66. The SMILES string of the molecule is Cc1cc(C)n(CC(=O)NCc2ccc(Cl)cc2)c(=O)c1-c1nc(-c2ccc(Cl)cc2)no1. The second kappa shape index (κ2) is 9.60. The molecule has 0 bridgehead atoms. The van der Waals surface area contributed by atoms with Crippen LogP contribution in [0.3, 0.4) is 0 Å². The van der Waals surface area contributed by atoms with E-state index in [-0.39, 0.29) is 29.5 Å². The summed E-state index contributed by atoms with van der Waals surface area (Å²) >= 11 is 11.8. The number of nitrogens with one attached hydrogen (secondary N) is 1. The predicted octanol–water partition coefficient (Wildman–Crippen LogP) is 4.81. The molecule has 0 fully saturated rings. The van der Waals surface area contributed by atoms with Gasteiger partial charge in [-0.15, -0.1) is 0 Å². The highest BCUT2D eigenvalue weighted by molar-refractivity contribution is 6.30. The fraction of sp³-hybridized carbons (Fsp3) is 0.167. The molecule has 1 N–H and O–H groups in total. The van der Waals surface area contributed by atoms with Crippen molar-refractivity contribution in [3.8, 4) is 22.8 Å². The molecule has 0 aliphatic carbocycles. The number of rotatable bonds is 6. The summed E-state index contributed by atoms with van der Waals surface area (Å²) in [5, 5.41) is 8.03. The minimum Gasteiger partial charge on any atom is -0.350 e. The number of hydrogen-bond acceptors (Lipinski definition) is 5. The molecular weight excluding hydrogens is 463 g/mol. The van der Waals surface area contributed by atoms with Gasteiger partial charge in [0.1, 0.15) is 12.1 Å². The molecule has 2 heterocycles. The van der Waals surface area contributed by atoms with E-state index < -0.39 is 0 Å². The molecule has 2 aromatic heterocycles. The molecule has 2 aromatic carbocycles. The molecule has 0 unspecified atom stereocenters. The van der Waals surface area contributed by atoms with Gasteiger partial charge in [-0.05, 0) is 67.4 Å². The first kappa shape index (κ1) is 22.8. The van der Waals surface area contributed by atoms with Crippen molar-refractivity contribution in [3.63, 3.8) is 0 Å². The maximum atomic E-state index is 13.3. The monoisotopic (exact) mass is 482 g/mol. The van der Waals surface area contributed by atoms with E-state index in [1.54, 1.807) is 50.2 Å². The summed E-state index contributed by atoms with van der Waals surface area (Å²) < 4.78 is 6.79. The standard InChI is InChI=1S/C24H20Cl2N4O3/c1-14-11-15(2)30(13-20(31)27-12-16-3-7-18(25)8-4-16)24(32)21(14)23-28-22(29-33-23)17-5-9-19(26)10-6-17/h3-11H,12-13H2,1-2H3,(H,27,31). The molecule has 33 heavy (non-hydrogen) atoms. The number of nitrogens with zero attached hydrogens (tertiary/aromatic N) is 3. The first-order valence-electron chi connectivity index (χ1n) is 10.1. The Morgan fingerprint density at radius 2 is 1.67 bits per heavy atom. The van der Waals surface area contributed by atoms with E-state index in [2.05, 4.69) is 15.5 Å². The Morgan fingerprint density at radius 3 is 2.33 bits per heavy atom. The zero-order valence-electron chi connectivity index (χ0n) is 17.9. The summed E-state index contributed by atoms with van der Waals surface area (Å²) in [5.74, 6) is 0.142. The maximum absolute atomic E-state index is 13.3. The van der Waals surface area contributed by atoms with Crippen molar-refractivity contribution in [1.82, 2.24) is 20.0 Å². The van der Waals surface area contributed by atoms with Gasteiger partial charge in [0, 0.05) is 27.8 Å². The van der Waals surface area contributed by atoms with Gasteiger partial charge in [-0.1, -0.05) is 40.5 Å². The van der Waals surface area contributed by atoms with Crippen LogP contribution in [0.1, 0.15) is 16.8 Å². The van der Waals surface area contributed by atoms with Crippen LogP contribution in [-0.4, -0.2) is 20.6 Å². The smallest absolute Gasteiger partial charge is 0.264 e. The number of hydrogen-bond donors (Lipinski definition) is 1. The summed E-state index contributed by atoms with van der Waals surface area (Å²) in [5.41, 5.74) is 2.84. The minimum atomic E-state index is -0.375. The maximum Gasteiger partial charge on any atom is 0.264 e. The number of halogens is 2. The molecule has 168 valence electrons. The lowest BCUT2D eigenvalue weighted by atomic mass is 10.1. The number of carbonyl (C=O) groups is 1. The van der Waals surface area contributed by atoms with E-state index in [9.17, 15) is 9.59 Å². The highest BCUT2D eigenvalue weighted by atomic mass is 35.5. The van der Waals surface area contributed by atoms with Crippen molar-refractivity contribution >= 4 is 29.1 Å². The predicted molar refractivity (Wildman–Crippen MR) is 127 cm³/mol. The van der Waals surface area contributed by atoms with Gasteiger partial charge in [0.2, 0.25) is 11.7 Å². The zero-order valence-corrected chi connectivity index (χ0v) is 19.4. The molecule has 4 aromatic rings. The van der Waals surface area contributed by atoms with Crippen LogP contribution in [-0.2, 0) is 17.9 Å². The average molecular weight is 483 g/mol. The fourth-order valence-electron chi connectivity index (χ4n) is 3.43. The van der Waals surface area contributed by atoms with Crippen LogP contribution in [0.2, 0.25) is 10.0 Å². The Kier molecular flexibility index (Phi) is 6.62. The van der Waals surface area contributed by atoms with Crippen LogP contribution in [0.15, 0.2) is 63.9 Å². The molecule has 4 rings (SSSR count). The summed E-state index contributed by atoms with van der Waals surface area (Å²) in [6.07, 6.45) is 0. The Labute approximate surface area is 200 Å². The van der Waals surface area contributed by atoms with E-state index in [1.807, 2.05) is 18.2 Å². The number of carbonyl (C=O) groups excluding carboxylic acids is 1. The van der Waals surface area contributed by atoms with Gasteiger partial charge in [0.05, 0.1) is 0 Å². The quantitative estimate of drug-likeness (QED) is 0.425. The number of amides is 1. The topological polar surface area (TPSA) is 90.0 Å². The molecule has 0 radical (unpaired) electrons. The van der Waals surface area contributed by atoms with Gasteiger partial charge in [0.25, 0.3) is 11.4 Å². The zero-order chi connectivity index (χ0) is 23.5. The fourth-order valence-corrected chi connectivity index (χ4v) is 3.68. The van der Waals surface area contributed by atoms with Crippen LogP contribution in [0.5, 0.6) is 0 Å². The number of aryl methyl sites for hydroxylation is 2.